The summed E-state index contributed by atoms with van der Waals surface area (Å²) in [7, 11) is 0. The van der Waals surface area contributed by atoms with Gasteiger partial charge in [0, 0.05) is 17.7 Å². The van der Waals surface area contributed by atoms with Crippen molar-refractivity contribution in [3.8, 4) is 0 Å². The van der Waals surface area contributed by atoms with Gasteiger partial charge in [-0.25, -0.2) is 4.79 Å². The normalized spacial score (nSPS) is 21.6. The number of Topliss-reactive ketones (excluding diaryl/α,β-unsaturated/α-hetero) is 1. The molecule has 0 radical (unpaired) electrons. The van der Waals surface area contributed by atoms with Gasteiger partial charge in [-0.1, -0.05) is 31.2 Å². The van der Waals surface area contributed by atoms with Crippen LogP contribution in [0.3, 0.4) is 0 Å². The molecule has 0 saturated carbocycles. The molecule has 1 fully saturated rings. The third kappa shape index (κ3) is 4.17. The Labute approximate surface area is 188 Å². The highest BCUT2D eigenvalue weighted by Crippen LogP contribution is 2.40. The smallest absolute Gasteiger partial charge is 0.338 e. The SMILES string of the molecule is C[C@@H]1C=CC[C@@H]2C(=O)N(c3ccc(C(=O)OCC(=O)c4cccc([N+](=O)[O-])c4)cc3)C(=O)[C@H]12. The molecule has 168 valence electrons. The third-order valence-electron chi connectivity index (χ3n) is 5.95. The molecule has 1 aliphatic heterocycles. The molecule has 1 saturated heterocycles. The minimum atomic E-state index is -0.772. The van der Waals surface area contributed by atoms with Crippen molar-refractivity contribution in [2.45, 2.75) is 13.3 Å². The predicted molar refractivity (Wildman–Crippen MR) is 117 cm³/mol. The van der Waals surface area contributed by atoms with Crippen LogP contribution in [-0.2, 0) is 14.3 Å². The van der Waals surface area contributed by atoms with Crippen molar-refractivity contribution in [1.82, 2.24) is 0 Å². The first-order valence-corrected chi connectivity index (χ1v) is 10.4. The van der Waals surface area contributed by atoms with Gasteiger partial charge >= 0.3 is 5.97 Å². The van der Waals surface area contributed by atoms with Gasteiger partial charge in [-0.15, -0.1) is 0 Å². The molecule has 2 amide bonds. The molecule has 9 nitrogen and oxygen atoms in total. The molecule has 2 aromatic carbocycles. The van der Waals surface area contributed by atoms with Crippen LogP contribution in [0.4, 0.5) is 11.4 Å². The van der Waals surface area contributed by atoms with Crippen molar-refractivity contribution in [3.63, 3.8) is 0 Å². The number of nitrogens with zero attached hydrogens (tertiary/aromatic N) is 2. The third-order valence-corrected chi connectivity index (χ3v) is 5.95. The Morgan fingerprint density at radius 1 is 1.09 bits per heavy atom. The van der Waals surface area contributed by atoms with Gasteiger partial charge in [0.05, 0.1) is 28.0 Å². The lowest BCUT2D eigenvalue weighted by atomic mass is 9.78. The van der Waals surface area contributed by atoms with E-state index in [4.69, 9.17) is 4.74 Å². The molecular formula is C24H20N2O7. The van der Waals surface area contributed by atoms with Crippen molar-refractivity contribution in [2.75, 3.05) is 11.5 Å². The molecule has 0 bridgehead atoms. The summed E-state index contributed by atoms with van der Waals surface area (Å²) < 4.78 is 5.03. The molecule has 0 aromatic heterocycles. The number of esters is 1. The number of amides is 2. The lowest BCUT2D eigenvalue weighted by Gasteiger charge is -2.22. The molecule has 33 heavy (non-hydrogen) atoms. The average Bonchev–Trinajstić information content (AvgIpc) is 3.08. The number of nitro benzene ring substituents is 1. The first kappa shape index (κ1) is 22.1. The van der Waals surface area contributed by atoms with Crippen LogP contribution < -0.4 is 4.90 Å². The summed E-state index contributed by atoms with van der Waals surface area (Å²) in [5.41, 5.74) is 0.329. The van der Waals surface area contributed by atoms with E-state index in [1.807, 2.05) is 19.1 Å². The van der Waals surface area contributed by atoms with Gasteiger partial charge in [-0.05, 0) is 36.6 Å². The topological polar surface area (TPSA) is 124 Å². The fraction of sp³-hybridized carbons (Fsp3) is 0.250. The van der Waals surface area contributed by atoms with Crippen LogP contribution in [0.1, 0.15) is 34.1 Å². The van der Waals surface area contributed by atoms with Crippen LogP contribution in [0.25, 0.3) is 0 Å². The van der Waals surface area contributed by atoms with Gasteiger partial charge in [0.1, 0.15) is 0 Å². The van der Waals surface area contributed by atoms with E-state index in [0.717, 1.165) is 6.07 Å². The Morgan fingerprint density at radius 3 is 2.48 bits per heavy atom. The fourth-order valence-corrected chi connectivity index (χ4v) is 4.24. The second-order valence-electron chi connectivity index (χ2n) is 8.02. The quantitative estimate of drug-likeness (QED) is 0.166. The summed E-state index contributed by atoms with van der Waals surface area (Å²) >= 11 is 0. The highest BCUT2D eigenvalue weighted by atomic mass is 16.6. The minimum absolute atomic E-state index is 0.0250. The molecule has 4 rings (SSSR count). The van der Waals surface area contributed by atoms with Crippen molar-refractivity contribution >= 4 is 34.9 Å². The van der Waals surface area contributed by atoms with E-state index in [9.17, 15) is 29.3 Å². The second kappa shape index (κ2) is 8.78. The van der Waals surface area contributed by atoms with Crippen molar-refractivity contribution < 1.29 is 28.8 Å². The molecule has 9 heteroatoms. The number of ketones is 1. The summed E-state index contributed by atoms with van der Waals surface area (Å²) in [6, 6.07) is 11.0. The maximum Gasteiger partial charge on any atom is 0.338 e. The number of anilines is 1. The summed E-state index contributed by atoms with van der Waals surface area (Å²) in [6.07, 6.45) is 4.40. The van der Waals surface area contributed by atoms with E-state index in [2.05, 4.69) is 0 Å². The Kier molecular flexibility index (Phi) is 5.87. The molecule has 2 aromatic rings. The number of imide groups is 1. The van der Waals surface area contributed by atoms with Crippen LogP contribution in [0.5, 0.6) is 0 Å². The first-order chi connectivity index (χ1) is 15.8. The van der Waals surface area contributed by atoms with E-state index in [-0.39, 0.29) is 46.4 Å². The number of allylic oxidation sites excluding steroid dienone is 2. The maximum atomic E-state index is 12.9. The molecular weight excluding hydrogens is 428 g/mol. The molecule has 1 heterocycles. The number of carbonyl (C=O) groups is 4. The van der Waals surface area contributed by atoms with Crippen LogP contribution >= 0.6 is 0 Å². The Balaban J connectivity index is 1.41. The van der Waals surface area contributed by atoms with Crippen LogP contribution in [0, 0.1) is 27.9 Å². The number of carbonyl (C=O) groups excluding carboxylic acids is 4. The zero-order chi connectivity index (χ0) is 23.7. The van der Waals surface area contributed by atoms with Gasteiger partial charge in [0.25, 0.3) is 5.69 Å². The second-order valence-corrected chi connectivity index (χ2v) is 8.02. The number of ether oxygens (including phenoxy) is 1. The Hall–Kier alpha value is -4.14. The largest absolute Gasteiger partial charge is 0.454 e. The van der Waals surface area contributed by atoms with Crippen LogP contribution in [0.2, 0.25) is 0 Å². The van der Waals surface area contributed by atoms with Crippen LogP contribution in [-0.4, -0.2) is 35.1 Å². The standard InChI is InChI=1S/C24H20N2O7/c1-14-4-2-7-19-21(14)23(29)25(22(19)28)17-10-8-15(9-11-17)24(30)33-13-20(27)16-5-3-6-18(12-16)26(31)32/h2-6,8-12,14,19,21H,7,13H2,1H3/t14-,19+,21-/m1/s1. The summed E-state index contributed by atoms with van der Waals surface area (Å²) in [4.78, 5) is 61.6. The summed E-state index contributed by atoms with van der Waals surface area (Å²) in [6.45, 7) is 1.33. The molecule has 2 aliphatic rings. The van der Waals surface area contributed by atoms with E-state index in [1.54, 1.807) is 0 Å². The zero-order valence-electron chi connectivity index (χ0n) is 17.7. The molecule has 0 N–H and O–H groups in total. The minimum Gasteiger partial charge on any atom is -0.454 e. The lowest BCUT2D eigenvalue weighted by molar-refractivity contribution is -0.384. The predicted octanol–water partition coefficient (Wildman–Crippen LogP) is 3.34. The average molecular weight is 448 g/mol. The zero-order valence-corrected chi connectivity index (χ0v) is 17.7. The highest BCUT2D eigenvalue weighted by Gasteiger charge is 2.50. The van der Waals surface area contributed by atoms with E-state index >= 15 is 0 Å². The van der Waals surface area contributed by atoms with Gasteiger partial charge < -0.3 is 4.74 Å². The highest BCUT2D eigenvalue weighted by molar-refractivity contribution is 6.22. The number of hydrogen-bond acceptors (Lipinski definition) is 7. The van der Waals surface area contributed by atoms with Crippen molar-refractivity contribution in [1.29, 1.82) is 0 Å². The molecule has 3 atom stereocenters. The Bertz CT molecular complexity index is 1190. The number of non-ortho nitro benzene ring substituents is 1. The Morgan fingerprint density at radius 2 is 1.82 bits per heavy atom. The number of fused-ring (bicyclic) bond motifs is 1. The number of nitro groups is 1. The number of hydrogen-bond donors (Lipinski definition) is 0. The molecule has 0 spiro atoms. The lowest BCUT2D eigenvalue weighted by Crippen LogP contribution is -2.31. The molecule has 1 aliphatic carbocycles. The van der Waals surface area contributed by atoms with Crippen LogP contribution in [0.15, 0.2) is 60.7 Å². The fourth-order valence-electron chi connectivity index (χ4n) is 4.24. The van der Waals surface area contributed by atoms with E-state index in [0.29, 0.717) is 12.1 Å². The monoisotopic (exact) mass is 448 g/mol. The number of benzene rings is 2. The number of rotatable bonds is 6. The summed E-state index contributed by atoms with van der Waals surface area (Å²) in [5, 5.41) is 10.8. The van der Waals surface area contributed by atoms with Gasteiger partial charge in [0.2, 0.25) is 17.6 Å². The van der Waals surface area contributed by atoms with Gasteiger partial charge in [0.15, 0.2) is 6.61 Å². The van der Waals surface area contributed by atoms with E-state index in [1.165, 1.54) is 47.4 Å². The van der Waals surface area contributed by atoms with Gasteiger partial charge in [-0.2, -0.15) is 0 Å². The van der Waals surface area contributed by atoms with E-state index < -0.39 is 23.3 Å². The molecule has 0 unspecified atom stereocenters. The van der Waals surface area contributed by atoms with Crippen molar-refractivity contribution in [3.05, 3.63) is 81.9 Å². The summed E-state index contributed by atoms with van der Waals surface area (Å²) in [5.74, 6) is -2.64. The van der Waals surface area contributed by atoms with Crippen molar-refractivity contribution in [2.24, 2.45) is 17.8 Å². The maximum absolute atomic E-state index is 12.9. The van der Waals surface area contributed by atoms with Gasteiger partial charge in [-0.3, -0.25) is 29.4 Å². The first-order valence-electron chi connectivity index (χ1n) is 10.4.